The molecule has 1 aliphatic rings. The number of fused-ring (bicyclic) bond motifs is 5. The van der Waals surface area contributed by atoms with Crippen LogP contribution in [0.4, 0.5) is 5.69 Å². The molecule has 0 radical (unpaired) electrons. The van der Waals surface area contributed by atoms with Crippen molar-refractivity contribution >= 4 is 38.5 Å². The van der Waals surface area contributed by atoms with Crippen molar-refractivity contribution in [1.82, 2.24) is 0 Å². The van der Waals surface area contributed by atoms with Gasteiger partial charge in [-0.05, 0) is 63.6 Å². The second kappa shape index (κ2) is 10.8. The zero-order valence-corrected chi connectivity index (χ0v) is 22.9. The molecule has 1 heterocycles. The molecule has 41 heavy (non-hydrogen) atoms. The number of nitrogens with zero attached hydrogens (tertiary/aromatic N) is 1. The van der Waals surface area contributed by atoms with E-state index in [2.05, 4.69) is 121 Å². The first-order chi connectivity index (χ1) is 20.2. The van der Waals surface area contributed by atoms with Gasteiger partial charge in [0.1, 0.15) is 0 Å². The van der Waals surface area contributed by atoms with Gasteiger partial charge in [-0.15, -0.1) is 0 Å². The minimum atomic E-state index is -0.201. The smallest absolute Gasteiger partial charge is 0.196 e. The molecular weight excluding hydrogens is 500 g/mol. The van der Waals surface area contributed by atoms with Crippen LogP contribution in [0.25, 0.3) is 27.1 Å². The van der Waals surface area contributed by atoms with Crippen molar-refractivity contribution in [3.05, 3.63) is 162 Å². The summed E-state index contributed by atoms with van der Waals surface area (Å²) >= 11 is 0. The molecule has 0 aliphatic carbocycles. The molecule has 0 amide bonds. The van der Waals surface area contributed by atoms with Crippen LogP contribution < -0.4 is 10.1 Å². The average Bonchev–Trinajstić information content (AvgIpc) is 3.49. The minimum absolute atomic E-state index is 0.201. The van der Waals surface area contributed by atoms with Gasteiger partial charge in [-0.1, -0.05) is 121 Å². The molecule has 6 aromatic carbocycles. The highest BCUT2D eigenvalue weighted by Gasteiger charge is 2.26. The van der Waals surface area contributed by atoms with Gasteiger partial charge in [0.2, 0.25) is 0 Å². The molecule has 198 valence electrons. The van der Waals surface area contributed by atoms with Gasteiger partial charge in [-0.2, -0.15) is 0 Å². The molecule has 0 fully saturated rings. The van der Waals surface area contributed by atoms with Crippen molar-refractivity contribution in [2.75, 3.05) is 5.32 Å². The van der Waals surface area contributed by atoms with Gasteiger partial charge in [-0.3, -0.25) is 4.99 Å². The van der Waals surface area contributed by atoms with Crippen LogP contribution >= 0.6 is 0 Å². The Morgan fingerprint density at radius 2 is 1.37 bits per heavy atom. The Bertz CT molecular complexity index is 1910. The van der Waals surface area contributed by atoms with E-state index in [1.54, 1.807) is 0 Å². The first-order valence-electron chi connectivity index (χ1n) is 14.0. The zero-order valence-electron chi connectivity index (χ0n) is 22.9. The fourth-order valence-corrected chi connectivity index (χ4v) is 5.56. The highest BCUT2D eigenvalue weighted by Crippen LogP contribution is 2.45. The third-order valence-electron chi connectivity index (χ3n) is 7.73. The lowest BCUT2D eigenvalue weighted by Gasteiger charge is -2.12. The number of allylic oxidation sites excluding steroid dienone is 2. The Morgan fingerprint density at radius 1 is 0.732 bits per heavy atom. The molecule has 0 aromatic heterocycles. The number of hydrogen-bond acceptors (Lipinski definition) is 3. The molecular formula is C38H30N2O. The standard InChI is InChI=1S/C38H30N2O/c1-26(28-11-5-2-6-12-28)23-35(30-13-7-3-8-14-30)39-25-27-17-18-29-19-20-31-21-22-34-37(36(31)33(29)24-27)41-38(40-34)32-15-9-4-10-16-32/h2-24,38,40H,25H2,1H3/b26-23+,39-35?. The van der Waals surface area contributed by atoms with E-state index in [0.29, 0.717) is 6.54 Å². The van der Waals surface area contributed by atoms with Crippen molar-refractivity contribution in [3.63, 3.8) is 0 Å². The van der Waals surface area contributed by atoms with Crippen molar-refractivity contribution < 1.29 is 4.74 Å². The largest absolute Gasteiger partial charge is 0.464 e. The SMILES string of the molecule is C/C(=C\C(=NCc1ccc2ccc3ccc4c(c3c2c1)OC(c1ccccc1)N4)c1ccccc1)c1ccccc1. The number of rotatable bonds is 6. The highest BCUT2D eigenvalue weighted by atomic mass is 16.5. The summed E-state index contributed by atoms with van der Waals surface area (Å²) in [6, 6.07) is 46.5. The molecule has 1 aliphatic heterocycles. The van der Waals surface area contributed by atoms with E-state index in [4.69, 9.17) is 9.73 Å². The first-order valence-corrected chi connectivity index (χ1v) is 14.0. The quantitative estimate of drug-likeness (QED) is 0.172. The molecule has 3 heteroatoms. The van der Waals surface area contributed by atoms with E-state index in [9.17, 15) is 0 Å². The predicted molar refractivity (Wildman–Crippen MR) is 172 cm³/mol. The molecule has 0 saturated carbocycles. The van der Waals surface area contributed by atoms with E-state index >= 15 is 0 Å². The minimum Gasteiger partial charge on any atom is -0.464 e. The molecule has 6 aromatic rings. The second-order valence-corrected chi connectivity index (χ2v) is 10.5. The van der Waals surface area contributed by atoms with E-state index in [0.717, 1.165) is 39.2 Å². The Kier molecular flexibility index (Phi) is 6.54. The van der Waals surface area contributed by atoms with Crippen LogP contribution in [0.2, 0.25) is 0 Å². The Hall–Kier alpha value is -5.15. The van der Waals surface area contributed by atoms with Crippen LogP contribution in [0.1, 0.15) is 35.4 Å². The van der Waals surface area contributed by atoms with E-state index in [1.165, 1.54) is 27.3 Å². The summed E-state index contributed by atoms with van der Waals surface area (Å²) in [6.45, 7) is 2.73. The van der Waals surface area contributed by atoms with Crippen LogP contribution in [-0.4, -0.2) is 5.71 Å². The van der Waals surface area contributed by atoms with Crippen LogP contribution in [-0.2, 0) is 6.54 Å². The molecule has 3 nitrogen and oxygen atoms in total. The maximum absolute atomic E-state index is 6.55. The number of nitrogens with one attached hydrogen (secondary N) is 1. The van der Waals surface area contributed by atoms with Crippen LogP contribution in [0.15, 0.2) is 145 Å². The summed E-state index contributed by atoms with van der Waals surface area (Å²) < 4.78 is 6.55. The van der Waals surface area contributed by atoms with Gasteiger partial charge >= 0.3 is 0 Å². The fourth-order valence-electron chi connectivity index (χ4n) is 5.56. The molecule has 7 rings (SSSR count). The van der Waals surface area contributed by atoms with E-state index < -0.39 is 0 Å². The summed E-state index contributed by atoms with van der Waals surface area (Å²) in [5.74, 6) is 0.911. The third-order valence-corrected chi connectivity index (χ3v) is 7.73. The highest BCUT2D eigenvalue weighted by molar-refractivity contribution is 6.13. The Balaban J connectivity index is 1.28. The van der Waals surface area contributed by atoms with Crippen LogP contribution in [0.3, 0.4) is 0 Å². The predicted octanol–water partition coefficient (Wildman–Crippen LogP) is 9.59. The Labute approximate surface area is 240 Å². The topological polar surface area (TPSA) is 33.6 Å². The molecule has 1 unspecified atom stereocenters. The maximum Gasteiger partial charge on any atom is 0.196 e. The zero-order chi connectivity index (χ0) is 27.6. The van der Waals surface area contributed by atoms with Crippen LogP contribution in [0, 0.1) is 0 Å². The second-order valence-electron chi connectivity index (χ2n) is 10.5. The van der Waals surface area contributed by atoms with E-state index in [1.807, 2.05) is 30.3 Å². The summed E-state index contributed by atoms with van der Waals surface area (Å²) in [6.07, 6.45) is 1.99. The van der Waals surface area contributed by atoms with Crippen molar-refractivity contribution in [2.45, 2.75) is 19.7 Å². The summed E-state index contributed by atoms with van der Waals surface area (Å²) in [7, 11) is 0. The van der Waals surface area contributed by atoms with Gasteiger partial charge < -0.3 is 10.1 Å². The monoisotopic (exact) mass is 530 g/mol. The van der Waals surface area contributed by atoms with Gasteiger partial charge in [-0.25, -0.2) is 0 Å². The lowest BCUT2D eigenvalue weighted by atomic mass is 9.98. The summed E-state index contributed by atoms with van der Waals surface area (Å²) in [5, 5.41) is 8.23. The van der Waals surface area contributed by atoms with Gasteiger partial charge in [0.15, 0.2) is 12.0 Å². The molecule has 0 bridgehead atoms. The number of benzene rings is 6. The number of anilines is 1. The number of aliphatic imine (C=N–C) groups is 1. The first kappa shape index (κ1) is 24.9. The average molecular weight is 531 g/mol. The molecule has 1 N–H and O–H groups in total. The summed E-state index contributed by atoms with van der Waals surface area (Å²) in [5.41, 5.74) is 7.76. The van der Waals surface area contributed by atoms with E-state index in [-0.39, 0.29) is 6.23 Å². The lowest BCUT2D eigenvalue weighted by Crippen LogP contribution is -2.09. The van der Waals surface area contributed by atoms with Gasteiger partial charge in [0.25, 0.3) is 0 Å². The van der Waals surface area contributed by atoms with Gasteiger partial charge in [0, 0.05) is 10.9 Å². The third kappa shape index (κ3) is 4.99. The number of ether oxygens (including phenoxy) is 1. The van der Waals surface area contributed by atoms with Crippen molar-refractivity contribution in [1.29, 1.82) is 0 Å². The summed E-state index contributed by atoms with van der Waals surface area (Å²) in [4.78, 5) is 5.14. The van der Waals surface area contributed by atoms with Crippen LogP contribution in [0.5, 0.6) is 5.75 Å². The maximum atomic E-state index is 6.55. The normalized spacial score (nSPS) is 15.0. The lowest BCUT2D eigenvalue weighted by molar-refractivity contribution is 0.263. The van der Waals surface area contributed by atoms with Crippen molar-refractivity contribution in [3.8, 4) is 5.75 Å². The number of hydrogen-bond donors (Lipinski definition) is 1. The molecule has 1 atom stereocenters. The molecule has 0 saturated heterocycles. The van der Waals surface area contributed by atoms with Gasteiger partial charge in [0.05, 0.1) is 17.9 Å². The molecule has 0 spiro atoms. The fraction of sp³-hybridized carbons (Fsp3) is 0.0789. The van der Waals surface area contributed by atoms with Crippen molar-refractivity contribution in [2.24, 2.45) is 4.99 Å². The Morgan fingerprint density at radius 3 is 2.12 bits per heavy atom.